The number of carbonyl (C=O) groups excluding carboxylic acids is 4. The second-order valence-electron chi connectivity index (χ2n) is 7.02. The quantitative estimate of drug-likeness (QED) is 0.579. The highest BCUT2D eigenvalue weighted by atomic mass is 16.5. The van der Waals surface area contributed by atoms with Gasteiger partial charge in [0, 0.05) is 23.2 Å². The van der Waals surface area contributed by atoms with Gasteiger partial charge in [0.2, 0.25) is 5.91 Å². The van der Waals surface area contributed by atoms with Crippen LogP contribution in [0.4, 0.5) is 5.69 Å². The van der Waals surface area contributed by atoms with Gasteiger partial charge in [-0.3, -0.25) is 14.4 Å². The predicted octanol–water partition coefficient (Wildman–Crippen LogP) is 2.42. The molecule has 2 aromatic carbocycles. The maximum absolute atomic E-state index is 12.4. The molecule has 7 nitrogen and oxygen atoms in total. The molecule has 1 heterocycles. The molecule has 0 bridgehead atoms. The number of ketones is 1. The highest BCUT2D eigenvalue weighted by Gasteiger charge is 2.21. The van der Waals surface area contributed by atoms with Crippen molar-refractivity contribution in [3.8, 4) is 0 Å². The fraction of sp³-hybridized carbons (Fsp3) is 0.273. The smallest absolute Gasteiger partial charge is 0.328 e. The van der Waals surface area contributed by atoms with Crippen molar-refractivity contribution in [3.63, 3.8) is 0 Å². The Hall–Kier alpha value is -3.48. The molecule has 150 valence electrons. The zero-order chi connectivity index (χ0) is 21.0. The van der Waals surface area contributed by atoms with Gasteiger partial charge in [-0.2, -0.15) is 0 Å². The molecule has 0 saturated carbocycles. The van der Waals surface area contributed by atoms with E-state index in [0.717, 1.165) is 11.1 Å². The molecule has 0 spiro atoms. The SMILES string of the molecule is Cc1cccc(C(=O)N[C@@H](C)C(=O)OCC(=O)c2ccc3c(c2)CCC(=O)N3)c1. The monoisotopic (exact) mass is 394 g/mol. The molecular weight excluding hydrogens is 372 g/mol. The van der Waals surface area contributed by atoms with Crippen molar-refractivity contribution >= 4 is 29.3 Å². The lowest BCUT2D eigenvalue weighted by Gasteiger charge is -2.17. The van der Waals surface area contributed by atoms with Crippen LogP contribution in [-0.4, -0.2) is 36.2 Å². The lowest BCUT2D eigenvalue weighted by atomic mass is 9.99. The molecule has 0 saturated heterocycles. The highest BCUT2D eigenvalue weighted by Crippen LogP contribution is 2.23. The fourth-order valence-electron chi connectivity index (χ4n) is 3.03. The van der Waals surface area contributed by atoms with E-state index in [0.29, 0.717) is 29.7 Å². The molecule has 29 heavy (non-hydrogen) atoms. The van der Waals surface area contributed by atoms with Gasteiger partial charge < -0.3 is 15.4 Å². The minimum Gasteiger partial charge on any atom is -0.456 e. The molecule has 3 rings (SSSR count). The number of carbonyl (C=O) groups is 4. The number of rotatable bonds is 6. The van der Waals surface area contributed by atoms with Crippen LogP contribution in [0, 0.1) is 6.92 Å². The maximum Gasteiger partial charge on any atom is 0.328 e. The number of Topliss-reactive ketones (excluding diaryl/α,β-unsaturated/α-hetero) is 1. The first-order chi connectivity index (χ1) is 13.8. The van der Waals surface area contributed by atoms with E-state index in [9.17, 15) is 19.2 Å². The van der Waals surface area contributed by atoms with Crippen molar-refractivity contribution in [1.82, 2.24) is 5.32 Å². The third kappa shape index (κ3) is 5.07. The van der Waals surface area contributed by atoms with Crippen LogP contribution < -0.4 is 10.6 Å². The van der Waals surface area contributed by atoms with Gasteiger partial charge in [0.25, 0.3) is 5.91 Å². The van der Waals surface area contributed by atoms with Gasteiger partial charge >= 0.3 is 5.97 Å². The molecule has 7 heteroatoms. The number of hydrogen-bond acceptors (Lipinski definition) is 5. The number of nitrogens with one attached hydrogen (secondary N) is 2. The van der Waals surface area contributed by atoms with Crippen LogP contribution in [0.25, 0.3) is 0 Å². The van der Waals surface area contributed by atoms with Crippen LogP contribution >= 0.6 is 0 Å². The minimum atomic E-state index is -0.894. The number of ether oxygens (including phenoxy) is 1. The molecule has 0 aliphatic carbocycles. The molecule has 2 amide bonds. The van der Waals surface area contributed by atoms with E-state index >= 15 is 0 Å². The third-order valence-corrected chi connectivity index (χ3v) is 4.65. The lowest BCUT2D eigenvalue weighted by Crippen LogP contribution is -2.40. The number of esters is 1. The van der Waals surface area contributed by atoms with Gasteiger partial charge in [0.1, 0.15) is 6.04 Å². The molecule has 0 radical (unpaired) electrons. The summed E-state index contributed by atoms with van der Waals surface area (Å²) in [5.41, 5.74) is 3.36. The zero-order valence-electron chi connectivity index (χ0n) is 16.3. The number of amides is 2. The summed E-state index contributed by atoms with van der Waals surface area (Å²) in [6.07, 6.45) is 0.932. The van der Waals surface area contributed by atoms with Crippen molar-refractivity contribution < 1.29 is 23.9 Å². The Bertz CT molecular complexity index is 983. The Kier molecular flexibility index (Phi) is 6.07. The molecule has 0 unspecified atom stereocenters. The van der Waals surface area contributed by atoms with E-state index in [-0.39, 0.29) is 17.6 Å². The third-order valence-electron chi connectivity index (χ3n) is 4.65. The van der Waals surface area contributed by atoms with Crippen molar-refractivity contribution in [2.24, 2.45) is 0 Å². The molecular formula is C22H22N2O5. The van der Waals surface area contributed by atoms with Crippen molar-refractivity contribution in [3.05, 3.63) is 64.7 Å². The van der Waals surface area contributed by atoms with Gasteiger partial charge in [0.15, 0.2) is 12.4 Å². The number of hydrogen-bond donors (Lipinski definition) is 2. The second kappa shape index (κ2) is 8.68. The zero-order valence-corrected chi connectivity index (χ0v) is 16.3. The van der Waals surface area contributed by atoms with Crippen LogP contribution in [0.1, 0.15) is 45.2 Å². The molecule has 1 aliphatic heterocycles. The van der Waals surface area contributed by atoms with E-state index in [1.165, 1.54) is 6.92 Å². The summed E-state index contributed by atoms with van der Waals surface area (Å²) < 4.78 is 5.07. The average Bonchev–Trinajstić information content (AvgIpc) is 2.71. The van der Waals surface area contributed by atoms with Crippen LogP contribution in [0.15, 0.2) is 42.5 Å². The summed E-state index contributed by atoms with van der Waals surface area (Å²) in [6, 6.07) is 11.1. The molecule has 2 aromatic rings. The lowest BCUT2D eigenvalue weighted by molar-refractivity contribution is -0.144. The van der Waals surface area contributed by atoms with Crippen molar-refractivity contribution in [1.29, 1.82) is 0 Å². The topological polar surface area (TPSA) is 102 Å². The van der Waals surface area contributed by atoms with E-state index in [1.807, 2.05) is 13.0 Å². The largest absolute Gasteiger partial charge is 0.456 e. The first-order valence-corrected chi connectivity index (χ1v) is 9.33. The number of anilines is 1. The summed E-state index contributed by atoms with van der Waals surface area (Å²) in [6.45, 7) is 2.95. The average molecular weight is 394 g/mol. The van der Waals surface area contributed by atoms with E-state index in [2.05, 4.69) is 10.6 Å². The second-order valence-corrected chi connectivity index (χ2v) is 7.02. The summed E-state index contributed by atoms with van der Waals surface area (Å²) in [5.74, 6) is -1.48. The van der Waals surface area contributed by atoms with E-state index < -0.39 is 18.6 Å². The number of benzene rings is 2. The van der Waals surface area contributed by atoms with Gasteiger partial charge in [-0.25, -0.2) is 4.79 Å². The Morgan fingerprint density at radius 3 is 2.66 bits per heavy atom. The Labute approximate surface area is 168 Å². The van der Waals surface area contributed by atoms with Crippen LogP contribution in [0.2, 0.25) is 0 Å². The summed E-state index contributed by atoms with van der Waals surface area (Å²) in [5, 5.41) is 5.32. The van der Waals surface area contributed by atoms with Crippen molar-refractivity contribution in [2.75, 3.05) is 11.9 Å². The first kappa shape index (κ1) is 20.3. The van der Waals surface area contributed by atoms with Crippen LogP contribution in [-0.2, 0) is 20.7 Å². The Morgan fingerprint density at radius 2 is 1.90 bits per heavy atom. The predicted molar refractivity (Wildman–Crippen MR) is 107 cm³/mol. The molecule has 0 fully saturated rings. The minimum absolute atomic E-state index is 0.0489. The van der Waals surface area contributed by atoms with E-state index in [1.54, 1.807) is 36.4 Å². The number of fused-ring (bicyclic) bond motifs is 1. The van der Waals surface area contributed by atoms with E-state index in [4.69, 9.17) is 4.74 Å². The molecule has 1 atom stereocenters. The maximum atomic E-state index is 12.4. The molecule has 0 aromatic heterocycles. The first-order valence-electron chi connectivity index (χ1n) is 9.33. The standard InChI is InChI=1S/C22H22N2O5/c1-13-4-3-5-17(10-13)21(27)23-14(2)22(28)29-12-19(25)16-6-8-18-15(11-16)7-9-20(26)24-18/h3-6,8,10-11,14H,7,9,12H2,1-2H3,(H,23,27)(H,24,26)/t14-/m0/s1. The van der Waals surface area contributed by atoms with Crippen LogP contribution in [0.5, 0.6) is 0 Å². The Morgan fingerprint density at radius 1 is 1.10 bits per heavy atom. The van der Waals surface area contributed by atoms with Gasteiger partial charge in [-0.05, 0) is 56.2 Å². The number of aryl methyl sites for hydroxylation is 2. The highest BCUT2D eigenvalue weighted by molar-refractivity contribution is 6.01. The summed E-state index contributed by atoms with van der Waals surface area (Å²) in [7, 11) is 0. The Balaban J connectivity index is 1.54. The molecule has 2 N–H and O–H groups in total. The van der Waals surface area contributed by atoms with Gasteiger partial charge in [0.05, 0.1) is 0 Å². The molecule has 1 aliphatic rings. The summed E-state index contributed by atoms with van der Waals surface area (Å²) >= 11 is 0. The normalized spacial score (nSPS) is 13.7. The van der Waals surface area contributed by atoms with Crippen molar-refractivity contribution in [2.45, 2.75) is 32.7 Å². The van der Waals surface area contributed by atoms with Gasteiger partial charge in [-0.15, -0.1) is 0 Å². The summed E-state index contributed by atoms with van der Waals surface area (Å²) in [4.78, 5) is 48.1. The van der Waals surface area contributed by atoms with Gasteiger partial charge in [-0.1, -0.05) is 17.7 Å². The fourth-order valence-corrected chi connectivity index (χ4v) is 3.03. The van der Waals surface area contributed by atoms with Crippen LogP contribution in [0.3, 0.4) is 0 Å².